The van der Waals surface area contributed by atoms with E-state index in [-0.39, 0.29) is 11.4 Å². The van der Waals surface area contributed by atoms with Gasteiger partial charge in [0, 0.05) is 17.5 Å². The summed E-state index contributed by atoms with van der Waals surface area (Å²) in [5.74, 6) is 1.03. The first-order valence-electron chi connectivity index (χ1n) is 8.27. The van der Waals surface area contributed by atoms with Crippen molar-refractivity contribution in [2.75, 3.05) is 0 Å². The van der Waals surface area contributed by atoms with Crippen molar-refractivity contribution in [2.24, 2.45) is 0 Å². The molecule has 0 aliphatic carbocycles. The molecule has 1 aliphatic rings. The molecule has 0 fully saturated rings. The lowest BCUT2D eigenvalue weighted by molar-refractivity contribution is 0.439. The van der Waals surface area contributed by atoms with Gasteiger partial charge in [0.05, 0.1) is 5.56 Å². The van der Waals surface area contributed by atoms with Gasteiger partial charge in [0.2, 0.25) is 5.88 Å². The van der Waals surface area contributed by atoms with Crippen LogP contribution < -0.4 is 10.3 Å². The van der Waals surface area contributed by atoms with Crippen molar-refractivity contribution in [1.29, 1.82) is 0 Å². The number of aromatic amines is 1. The molecule has 0 bridgehead atoms. The number of fused-ring (bicyclic) bond motifs is 4. The van der Waals surface area contributed by atoms with Gasteiger partial charge in [0.15, 0.2) is 0 Å². The Morgan fingerprint density at radius 3 is 2.62 bits per heavy atom. The minimum Gasteiger partial charge on any atom is -0.438 e. The van der Waals surface area contributed by atoms with Crippen LogP contribution in [-0.4, -0.2) is 9.97 Å². The number of H-pyrrole nitrogens is 1. The van der Waals surface area contributed by atoms with E-state index in [9.17, 15) is 9.18 Å². The second-order valence-corrected chi connectivity index (χ2v) is 6.25. The number of aromatic nitrogens is 2. The Balaban J connectivity index is 1.65. The van der Waals surface area contributed by atoms with Gasteiger partial charge in [-0.2, -0.15) is 4.98 Å². The molecule has 2 heterocycles. The summed E-state index contributed by atoms with van der Waals surface area (Å²) >= 11 is 0. The first-order chi connectivity index (χ1) is 12.7. The average Bonchev–Trinajstić information content (AvgIpc) is 2.67. The third-order valence-corrected chi connectivity index (χ3v) is 4.65. The molecule has 0 saturated heterocycles. The van der Waals surface area contributed by atoms with Crippen LogP contribution in [-0.2, 0) is 6.42 Å². The van der Waals surface area contributed by atoms with E-state index in [1.54, 1.807) is 12.1 Å². The summed E-state index contributed by atoms with van der Waals surface area (Å²) in [5.41, 5.74) is 1.87. The molecular formula is C21H13FN2O2. The highest BCUT2D eigenvalue weighted by atomic mass is 19.1. The van der Waals surface area contributed by atoms with Crippen molar-refractivity contribution in [2.45, 2.75) is 6.42 Å². The Morgan fingerprint density at radius 2 is 1.77 bits per heavy atom. The standard InChI is InChI=1S/C21H13FN2O2/c22-14-8-5-13(6-9-14)19-23-20(25)17-11-16-15-4-2-1-3-12(15)7-10-18(16)26-21(17)24-19/h1-10H,11H2,(H,23,24,25). The van der Waals surface area contributed by atoms with Crippen molar-refractivity contribution in [3.8, 4) is 23.0 Å². The highest BCUT2D eigenvalue weighted by Crippen LogP contribution is 2.38. The lowest BCUT2D eigenvalue weighted by Gasteiger charge is -2.20. The van der Waals surface area contributed by atoms with Gasteiger partial charge < -0.3 is 9.72 Å². The van der Waals surface area contributed by atoms with Crippen LogP contribution in [0.1, 0.15) is 11.1 Å². The number of hydrogen-bond acceptors (Lipinski definition) is 3. The van der Waals surface area contributed by atoms with Crippen LogP contribution in [0.4, 0.5) is 4.39 Å². The van der Waals surface area contributed by atoms with Crippen molar-refractivity contribution in [1.82, 2.24) is 9.97 Å². The van der Waals surface area contributed by atoms with Crippen molar-refractivity contribution < 1.29 is 9.13 Å². The van der Waals surface area contributed by atoms with Crippen LogP contribution in [0.2, 0.25) is 0 Å². The third-order valence-electron chi connectivity index (χ3n) is 4.65. The lowest BCUT2D eigenvalue weighted by Crippen LogP contribution is -2.20. The molecule has 3 aromatic carbocycles. The molecule has 1 aromatic heterocycles. The highest BCUT2D eigenvalue weighted by Gasteiger charge is 2.24. The van der Waals surface area contributed by atoms with E-state index in [1.165, 1.54) is 12.1 Å². The molecule has 4 aromatic rings. The summed E-state index contributed by atoms with van der Waals surface area (Å²) in [6.07, 6.45) is 0.456. The molecule has 0 amide bonds. The Kier molecular flexibility index (Phi) is 3.15. The van der Waals surface area contributed by atoms with Crippen LogP contribution >= 0.6 is 0 Å². The molecule has 0 unspecified atom stereocenters. The van der Waals surface area contributed by atoms with Crippen LogP contribution in [0, 0.1) is 5.82 Å². The van der Waals surface area contributed by atoms with E-state index < -0.39 is 0 Å². The maximum atomic E-state index is 13.1. The fraction of sp³-hybridized carbons (Fsp3) is 0.0476. The smallest absolute Gasteiger partial charge is 0.258 e. The number of hydrogen-bond donors (Lipinski definition) is 1. The number of nitrogens with zero attached hydrogens (tertiary/aromatic N) is 1. The summed E-state index contributed by atoms with van der Waals surface area (Å²) in [5, 5.41) is 2.17. The minimum atomic E-state index is -0.342. The van der Waals surface area contributed by atoms with Crippen LogP contribution in [0.5, 0.6) is 11.6 Å². The van der Waals surface area contributed by atoms with Gasteiger partial charge in [-0.3, -0.25) is 4.79 Å². The Hall–Kier alpha value is -3.47. The molecule has 0 saturated carbocycles. The average molecular weight is 344 g/mol. The molecule has 1 aliphatic heterocycles. The highest BCUT2D eigenvalue weighted by molar-refractivity contribution is 5.88. The normalized spacial score (nSPS) is 12.3. The number of ether oxygens (including phenoxy) is 1. The fourth-order valence-corrected chi connectivity index (χ4v) is 3.34. The van der Waals surface area contributed by atoms with E-state index in [0.717, 1.165) is 16.3 Å². The molecular weight excluding hydrogens is 331 g/mol. The summed E-state index contributed by atoms with van der Waals surface area (Å²) in [4.78, 5) is 19.9. The zero-order chi connectivity index (χ0) is 17.7. The quantitative estimate of drug-likeness (QED) is 0.489. The van der Waals surface area contributed by atoms with Gasteiger partial charge >= 0.3 is 0 Å². The number of nitrogens with one attached hydrogen (secondary N) is 1. The molecule has 0 atom stereocenters. The fourth-order valence-electron chi connectivity index (χ4n) is 3.34. The van der Waals surface area contributed by atoms with Gasteiger partial charge in [-0.1, -0.05) is 30.3 Å². The second kappa shape index (κ2) is 5.52. The molecule has 5 rings (SSSR count). The van der Waals surface area contributed by atoms with Crippen LogP contribution in [0.3, 0.4) is 0 Å². The molecule has 0 radical (unpaired) electrons. The van der Waals surface area contributed by atoms with E-state index in [4.69, 9.17) is 4.74 Å². The molecule has 5 heteroatoms. The maximum Gasteiger partial charge on any atom is 0.258 e. The Labute approximate surface area is 147 Å². The zero-order valence-electron chi connectivity index (χ0n) is 13.6. The van der Waals surface area contributed by atoms with Crippen molar-refractivity contribution in [3.63, 3.8) is 0 Å². The minimum absolute atomic E-state index is 0.243. The summed E-state index contributed by atoms with van der Waals surface area (Å²) in [7, 11) is 0. The predicted molar refractivity (Wildman–Crippen MR) is 97.1 cm³/mol. The molecule has 26 heavy (non-hydrogen) atoms. The van der Waals surface area contributed by atoms with Crippen LogP contribution in [0.25, 0.3) is 22.2 Å². The first kappa shape index (κ1) is 14.8. The van der Waals surface area contributed by atoms with Gasteiger partial charge in [0.25, 0.3) is 5.56 Å². The number of halogens is 1. The van der Waals surface area contributed by atoms with E-state index in [1.807, 2.05) is 36.4 Å². The van der Waals surface area contributed by atoms with Crippen molar-refractivity contribution >= 4 is 10.8 Å². The van der Waals surface area contributed by atoms with E-state index in [0.29, 0.717) is 35.0 Å². The predicted octanol–water partition coefficient (Wildman–Crippen LogP) is 4.43. The van der Waals surface area contributed by atoms with Crippen LogP contribution in [0.15, 0.2) is 65.5 Å². The van der Waals surface area contributed by atoms with Gasteiger partial charge in [-0.15, -0.1) is 0 Å². The molecule has 1 N–H and O–H groups in total. The van der Waals surface area contributed by atoms with E-state index >= 15 is 0 Å². The summed E-state index contributed by atoms with van der Waals surface area (Å²) in [6, 6.07) is 17.7. The second-order valence-electron chi connectivity index (χ2n) is 6.25. The summed E-state index contributed by atoms with van der Waals surface area (Å²) < 4.78 is 19.1. The maximum absolute atomic E-state index is 13.1. The SMILES string of the molecule is O=c1[nH]c(-c2ccc(F)cc2)nc2c1Cc1c(ccc3ccccc13)O2. The Bertz CT molecular complexity index is 1210. The topological polar surface area (TPSA) is 55.0 Å². The monoisotopic (exact) mass is 344 g/mol. The summed E-state index contributed by atoms with van der Waals surface area (Å²) in [6.45, 7) is 0. The van der Waals surface area contributed by atoms with Gasteiger partial charge in [-0.05, 0) is 41.1 Å². The van der Waals surface area contributed by atoms with Gasteiger partial charge in [0.1, 0.15) is 17.4 Å². The number of benzene rings is 3. The Morgan fingerprint density at radius 1 is 0.962 bits per heavy atom. The zero-order valence-corrected chi connectivity index (χ0v) is 13.6. The largest absolute Gasteiger partial charge is 0.438 e. The lowest BCUT2D eigenvalue weighted by atomic mass is 9.96. The van der Waals surface area contributed by atoms with Crippen molar-refractivity contribution in [3.05, 3.63) is 88.0 Å². The molecule has 4 nitrogen and oxygen atoms in total. The van der Waals surface area contributed by atoms with E-state index in [2.05, 4.69) is 9.97 Å². The first-order valence-corrected chi connectivity index (χ1v) is 8.27. The molecule has 0 spiro atoms. The molecule has 126 valence electrons. The van der Waals surface area contributed by atoms with Gasteiger partial charge in [-0.25, -0.2) is 4.39 Å². The number of rotatable bonds is 1. The third kappa shape index (κ3) is 2.29.